The zero-order valence-corrected chi connectivity index (χ0v) is 20.7. The fourth-order valence-electron chi connectivity index (χ4n) is 3.60. The minimum absolute atomic E-state index is 0.0761. The molecule has 0 aliphatic carbocycles. The molecule has 37 heavy (non-hydrogen) atoms. The standard InChI is InChI=1S/C28H22ClN3O5/c1-32(22-8-6-20(29)7-9-22)23-10-11-25(30-16-23)26(33)18-12-19(28(35)36)14-21(13-18)31-27(34)17-4-3-5-24(15-17)37-2/h3-16H,1-2H3,(H,31,34)(H,35,36). The molecule has 1 heterocycles. The smallest absolute Gasteiger partial charge is 0.335 e. The molecule has 0 radical (unpaired) electrons. The quantitative estimate of drug-likeness (QED) is 0.290. The second-order valence-electron chi connectivity index (χ2n) is 8.06. The van der Waals surface area contributed by atoms with Crippen LogP contribution in [-0.2, 0) is 0 Å². The van der Waals surface area contributed by atoms with Gasteiger partial charge in [-0.15, -0.1) is 0 Å². The number of hydrogen-bond donors (Lipinski definition) is 2. The van der Waals surface area contributed by atoms with E-state index in [0.717, 1.165) is 11.4 Å². The first-order valence-corrected chi connectivity index (χ1v) is 11.5. The second kappa shape index (κ2) is 10.9. The highest BCUT2D eigenvalue weighted by Gasteiger charge is 2.17. The van der Waals surface area contributed by atoms with Crippen LogP contribution in [0.15, 0.2) is 85.1 Å². The van der Waals surface area contributed by atoms with Crippen LogP contribution in [0, 0.1) is 0 Å². The van der Waals surface area contributed by atoms with Gasteiger partial charge in [0.05, 0.1) is 24.6 Å². The van der Waals surface area contributed by atoms with E-state index in [1.807, 2.05) is 24.1 Å². The zero-order chi connectivity index (χ0) is 26.5. The number of halogens is 1. The van der Waals surface area contributed by atoms with E-state index in [-0.39, 0.29) is 22.5 Å². The van der Waals surface area contributed by atoms with Gasteiger partial charge in [-0.1, -0.05) is 17.7 Å². The molecule has 0 unspecified atom stereocenters. The van der Waals surface area contributed by atoms with Crippen LogP contribution in [0.25, 0.3) is 0 Å². The Balaban J connectivity index is 1.58. The number of anilines is 3. The highest BCUT2D eigenvalue weighted by atomic mass is 35.5. The van der Waals surface area contributed by atoms with Crippen LogP contribution in [-0.4, -0.2) is 41.9 Å². The number of carbonyl (C=O) groups is 3. The van der Waals surface area contributed by atoms with Gasteiger partial charge in [0.1, 0.15) is 11.4 Å². The van der Waals surface area contributed by atoms with E-state index in [9.17, 15) is 19.5 Å². The number of benzene rings is 3. The third-order valence-corrected chi connectivity index (χ3v) is 5.87. The zero-order valence-electron chi connectivity index (χ0n) is 19.9. The fourth-order valence-corrected chi connectivity index (χ4v) is 3.73. The number of nitrogens with zero attached hydrogens (tertiary/aromatic N) is 2. The van der Waals surface area contributed by atoms with E-state index in [1.54, 1.807) is 54.7 Å². The molecule has 0 saturated heterocycles. The van der Waals surface area contributed by atoms with Crippen molar-refractivity contribution in [3.05, 3.63) is 112 Å². The molecule has 0 atom stereocenters. The van der Waals surface area contributed by atoms with Gasteiger partial charge in [0.25, 0.3) is 5.91 Å². The molecule has 0 aliphatic rings. The first-order chi connectivity index (χ1) is 17.7. The van der Waals surface area contributed by atoms with Crippen molar-refractivity contribution in [2.24, 2.45) is 0 Å². The van der Waals surface area contributed by atoms with E-state index >= 15 is 0 Å². The van der Waals surface area contributed by atoms with E-state index in [0.29, 0.717) is 16.3 Å². The van der Waals surface area contributed by atoms with Crippen molar-refractivity contribution in [2.75, 3.05) is 24.4 Å². The van der Waals surface area contributed by atoms with E-state index < -0.39 is 17.7 Å². The number of ether oxygens (including phenoxy) is 1. The Hall–Kier alpha value is -4.69. The van der Waals surface area contributed by atoms with E-state index in [4.69, 9.17) is 16.3 Å². The molecule has 0 aliphatic heterocycles. The number of methoxy groups -OCH3 is 1. The van der Waals surface area contributed by atoms with Gasteiger partial charge < -0.3 is 20.1 Å². The van der Waals surface area contributed by atoms with Crippen molar-refractivity contribution >= 4 is 46.3 Å². The van der Waals surface area contributed by atoms with Gasteiger partial charge in [-0.25, -0.2) is 4.79 Å². The molecule has 4 rings (SSSR count). The van der Waals surface area contributed by atoms with Crippen molar-refractivity contribution < 1.29 is 24.2 Å². The van der Waals surface area contributed by atoms with Crippen molar-refractivity contribution in [2.45, 2.75) is 0 Å². The molecule has 1 amide bonds. The minimum atomic E-state index is -1.24. The summed E-state index contributed by atoms with van der Waals surface area (Å²) in [6, 6.07) is 21.0. The predicted octanol–water partition coefficient (Wildman–Crippen LogP) is 5.69. The topological polar surface area (TPSA) is 109 Å². The summed E-state index contributed by atoms with van der Waals surface area (Å²) in [7, 11) is 3.34. The molecule has 8 nitrogen and oxygen atoms in total. The van der Waals surface area contributed by atoms with Crippen LogP contribution in [0.3, 0.4) is 0 Å². The van der Waals surface area contributed by atoms with Gasteiger partial charge in [0, 0.05) is 34.6 Å². The molecule has 2 N–H and O–H groups in total. The van der Waals surface area contributed by atoms with Crippen molar-refractivity contribution in [3.63, 3.8) is 0 Å². The Morgan fingerprint density at radius 3 is 2.24 bits per heavy atom. The molecular formula is C28H22ClN3O5. The van der Waals surface area contributed by atoms with Crippen LogP contribution in [0.5, 0.6) is 5.75 Å². The number of ketones is 1. The molecule has 9 heteroatoms. The summed E-state index contributed by atoms with van der Waals surface area (Å²) in [5.41, 5.74) is 2.16. The van der Waals surface area contributed by atoms with Crippen LogP contribution in [0.4, 0.5) is 17.1 Å². The summed E-state index contributed by atoms with van der Waals surface area (Å²) in [5.74, 6) is -1.70. The molecule has 3 aromatic carbocycles. The Labute approximate surface area is 218 Å². The number of aromatic nitrogens is 1. The number of rotatable bonds is 8. The average Bonchev–Trinajstić information content (AvgIpc) is 2.92. The summed E-state index contributed by atoms with van der Waals surface area (Å²) in [4.78, 5) is 43.8. The van der Waals surface area contributed by atoms with Crippen LogP contribution in [0.1, 0.15) is 36.8 Å². The SMILES string of the molecule is COc1cccc(C(=O)Nc2cc(C(=O)O)cc(C(=O)c3ccc(N(C)c4ccc(Cl)cc4)cn3)c2)c1. The van der Waals surface area contributed by atoms with Crippen molar-refractivity contribution in [1.82, 2.24) is 4.98 Å². The maximum atomic E-state index is 13.2. The summed E-state index contributed by atoms with van der Waals surface area (Å²) in [6.07, 6.45) is 1.55. The Morgan fingerprint density at radius 1 is 0.892 bits per heavy atom. The molecule has 0 saturated carbocycles. The number of carbonyl (C=O) groups excluding carboxylic acids is 2. The van der Waals surface area contributed by atoms with E-state index in [1.165, 1.54) is 25.3 Å². The number of carboxylic acids is 1. The molecule has 186 valence electrons. The third kappa shape index (κ3) is 5.94. The summed E-state index contributed by atoms with van der Waals surface area (Å²) in [5, 5.41) is 12.8. The maximum absolute atomic E-state index is 13.2. The number of amides is 1. The molecule has 4 aromatic rings. The van der Waals surface area contributed by atoms with Gasteiger partial charge >= 0.3 is 5.97 Å². The lowest BCUT2D eigenvalue weighted by atomic mass is 10.0. The van der Waals surface area contributed by atoms with Gasteiger partial charge in [0.2, 0.25) is 5.78 Å². The normalized spacial score (nSPS) is 10.5. The van der Waals surface area contributed by atoms with Crippen LogP contribution < -0.4 is 15.0 Å². The van der Waals surface area contributed by atoms with Gasteiger partial charge in [-0.2, -0.15) is 0 Å². The van der Waals surface area contributed by atoms with Gasteiger partial charge in [-0.05, 0) is 72.8 Å². The van der Waals surface area contributed by atoms with E-state index in [2.05, 4.69) is 10.3 Å². The summed E-state index contributed by atoms with van der Waals surface area (Å²) in [6.45, 7) is 0. The minimum Gasteiger partial charge on any atom is -0.497 e. The number of nitrogens with one attached hydrogen (secondary N) is 1. The lowest BCUT2D eigenvalue weighted by Crippen LogP contribution is -2.14. The van der Waals surface area contributed by atoms with Crippen molar-refractivity contribution in [3.8, 4) is 5.75 Å². The monoisotopic (exact) mass is 515 g/mol. The lowest BCUT2D eigenvalue weighted by Gasteiger charge is -2.19. The third-order valence-electron chi connectivity index (χ3n) is 5.61. The van der Waals surface area contributed by atoms with Gasteiger partial charge in [-0.3, -0.25) is 14.6 Å². The maximum Gasteiger partial charge on any atom is 0.335 e. The number of aromatic carboxylic acids is 1. The Morgan fingerprint density at radius 2 is 1.59 bits per heavy atom. The molecule has 0 fully saturated rings. The highest BCUT2D eigenvalue weighted by Crippen LogP contribution is 2.25. The molecule has 0 spiro atoms. The largest absolute Gasteiger partial charge is 0.497 e. The second-order valence-corrected chi connectivity index (χ2v) is 8.49. The van der Waals surface area contributed by atoms with Crippen LogP contribution >= 0.6 is 11.6 Å². The highest BCUT2D eigenvalue weighted by molar-refractivity contribution is 6.30. The predicted molar refractivity (Wildman–Crippen MR) is 142 cm³/mol. The lowest BCUT2D eigenvalue weighted by molar-refractivity contribution is 0.0696. The van der Waals surface area contributed by atoms with Crippen LogP contribution in [0.2, 0.25) is 5.02 Å². The fraction of sp³-hybridized carbons (Fsp3) is 0.0714. The summed E-state index contributed by atoms with van der Waals surface area (Å²) < 4.78 is 5.14. The molecule has 0 bridgehead atoms. The number of carboxylic acid groups (broad SMARTS) is 1. The molecular weight excluding hydrogens is 494 g/mol. The van der Waals surface area contributed by atoms with Gasteiger partial charge in [0.15, 0.2) is 0 Å². The Kier molecular flexibility index (Phi) is 7.50. The molecule has 1 aromatic heterocycles. The first-order valence-electron chi connectivity index (χ1n) is 11.1. The van der Waals surface area contributed by atoms with Crippen molar-refractivity contribution in [1.29, 1.82) is 0 Å². The summed E-state index contributed by atoms with van der Waals surface area (Å²) >= 11 is 5.96. The number of pyridine rings is 1. The Bertz CT molecular complexity index is 1470. The average molecular weight is 516 g/mol. The first kappa shape index (κ1) is 25.4. The number of hydrogen-bond acceptors (Lipinski definition) is 6.